The summed E-state index contributed by atoms with van der Waals surface area (Å²) in [6, 6.07) is 10.9. The van der Waals surface area contributed by atoms with Crippen molar-refractivity contribution >= 4 is 34.8 Å². The van der Waals surface area contributed by atoms with Gasteiger partial charge in [-0.15, -0.1) is 0 Å². The first-order chi connectivity index (χ1) is 15.7. The summed E-state index contributed by atoms with van der Waals surface area (Å²) in [6.45, 7) is 6.15. The Morgan fingerprint density at radius 3 is 2.45 bits per heavy atom. The van der Waals surface area contributed by atoms with Crippen molar-refractivity contribution in [2.45, 2.75) is 39.3 Å². The number of nitro benzene ring substituents is 1. The molecule has 2 amide bonds. The Balaban J connectivity index is 1.74. The summed E-state index contributed by atoms with van der Waals surface area (Å²) in [6.07, 6.45) is 2.32. The highest BCUT2D eigenvalue weighted by Gasteiger charge is 2.29. The minimum Gasteiger partial charge on any atom is -0.371 e. The zero-order valence-corrected chi connectivity index (χ0v) is 19.8. The molecule has 0 aliphatic carbocycles. The first kappa shape index (κ1) is 24.5. The molecule has 0 aromatic heterocycles. The zero-order valence-electron chi connectivity index (χ0n) is 19.1. The van der Waals surface area contributed by atoms with Gasteiger partial charge < -0.3 is 15.1 Å². The van der Waals surface area contributed by atoms with Crippen molar-refractivity contribution in [3.8, 4) is 0 Å². The number of carbonyl (C=O) groups is 2. The van der Waals surface area contributed by atoms with E-state index in [0.717, 1.165) is 43.2 Å². The van der Waals surface area contributed by atoms with Crippen LogP contribution >= 0.6 is 11.6 Å². The van der Waals surface area contributed by atoms with E-state index < -0.39 is 16.9 Å². The van der Waals surface area contributed by atoms with Crippen molar-refractivity contribution in [3.63, 3.8) is 0 Å². The average Bonchev–Trinajstić information content (AvgIpc) is 3.31. The predicted molar refractivity (Wildman–Crippen MR) is 129 cm³/mol. The van der Waals surface area contributed by atoms with E-state index in [0.29, 0.717) is 6.54 Å². The molecule has 1 fully saturated rings. The number of non-ortho nitro benzene ring substituents is 1. The van der Waals surface area contributed by atoms with Gasteiger partial charge in [0.05, 0.1) is 15.5 Å². The van der Waals surface area contributed by atoms with Crippen LogP contribution in [0, 0.1) is 16.0 Å². The van der Waals surface area contributed by atoms with Gasteiger partial charge in [0.1, 0.15) is 6.04 Å². The molecular weight excluding hydrogens is 444 g/mol. The molecule has 33 heavy (non-hydrogen) atoms. The summed E-state index contributed by atoms with van der Waals surface area (Å²) >= 11 is 6.10. The Labute approximate surface area is 198 Å². The minimum absolute atomic E-state index is 0.0375. The molecule has 0 bridgehead atoms. The molecule has 8 nitrogen and oxygen atoms in total. The van der Waals surface area contributed by atoms with Gasteiger partial charge in [-0.2, -0.15) is 0 Å². The molecule has 1 aliphatic rings. The molecular formula is C24H29ClN4O4. The van der Waals surface area contributed by atoms with Gasteiger partial charge in [0.25, 0.3) is 11.6 Å². The molecule has 9 heteroatoms. The number of hydrogen-bond acceptors (Lipinski definition) is 5. The van der Waals surface area contributed by atoms with Crippen molar-refractivity contribution in [2.24, 2.45) is 5.92 Å². The van der Waals surface area contributed by atoms with Gasteiger partial charge in [0.2, 0.25) is 5.91 Å². The third kappa shape index (κ3) is 5.82. The fraction of sp³-hybridized carbons (Fsp3) is 0.417. The van der Waals surface area contributed by atoms with Crippen LogP contribution in [0.15, 0.2) is 42.5 Å². The number of benzene rings is 2. The van der Waals surface area contributed by atoms with E-state index >= 15 is 0 Å². The van der Waals surface area contributed by atoms with E-state index in [4.69, 9.17) is 11.6 Å². The molecule has 0 saturated carbocycles. The fourth-order valence-electron chi connectivity index (χ4n) is 4.02. The summed E-state index contributed by atoms with van der Waals surface area (Å²) in [5, 5.41) is 13.6. The number of amides is 2. The van der Waals surface area contributed by atoms with Crippen LogP contribution in [0.1, 0.15) is 42.6 Å². The number of halogens is 1. The molecule has 0 unspecified atom stereocenters. The summed E-state index contributed by atoms with van der Waals surface area (Å²) in [5.41, 5.74) is 2.08. The number of nitrogens with zero attached hydrogens (tertiary/aromatic N) is 3. The van der Waals surface area contributed by atoms with Crippen LogP contribution in [0.5, 0.6) is 0 Å². The molecule has 2 aromatic rings. The first-order valence-corrected chi connectivity index (χ1v) is 11.4. The SMILES string of the molecule is CC(C)[C@H](NC(=O)c1ccc([N+](=O)[O-])cc1Cl)C(=O)N(C)Cc1ccccc1N1CCCC1. The molecule has 3 rings (SSSR count). The highest BCUT2D eigenvalue weighted by atomic mass is 35.5. The third-order valence-corrected chi connectivity index (χ3v) is 6.16. The molecule has 1 N–H and O–H groups in total. The van der Waals surface area contributed by atoms with E-state index in [9.17, 15) is 19.7 Å². The summed E-state index contributed by atoms with van der Waals surface area (Å²) in [7, 11) is 1.73. The zero-order chi connectivity index (χ0) is 24.1. The highest BCUT2D eigenvalue weighted by molar-refractivity contribution is 6.34. The predicted octanol–water partition coefficient (Wildman–Crippen LogP) is 4.26. The van der Waals surface area contributed by atoms with Crippen LogP contribution in [-0.4, -0.2) is 47.8 Å². The quantitative estimate of drug-likeness (QED) is 0.457. The average molecular weight is 473 g/mol. The highest BCUT2D eigenvalue weighted by Crippen LogP contribution is 2.26. The van der Waals surface area contributed by atoms with Crippen molar-refractivity contribution in [2.75, 3.05) is 25.0 Å². The second-order valence-corrected chi connectivity index (χ2v) is 9.04. The van der Waals surface area contributed by atoms with Crippen LogP contribution in [0.3, 0.4) is 0 Å². The molecule has 176 valence electrons. The summed E-state index contributed by atoms with van der Waals surface area (Å²) < 4.78 is 0. The smallest absolute Gasteiger partial charge is 0.270 e. The monoisotopic (exact) mass is 472 g/mol. The van der Waals surface area contributed by atoms with Crippen LogP contribution in [0.25, 0.3) is 0 Å². The van der Waals surface area contributed by atoms with Crippen LogP contribution < -0.4 is 10.2 Å². The maximum absolute atomic E-state index is 13.3. The molecule has 1 atom stereocenters. The Morgan fingerprint density at radius 1 is 1.18 bits per heavy atom. The van der Waals surface area contributed by atoms with Gasteiger partial charge >= 0.3 is 0 Å². The first-order valence-electron chi connectivity index (χ1n) is 11.0. The van der Waals surface area contributed by atoms with E-state index in [1.54, 1.807) is 11.9 Å². The second-order valence-electron chi connectivity index (χ2n) is 8.63. The van der Waals surface area contributed by atoms with Crippen molar-refractivity contribution in [1.29, 1.82) is 0 Å². The lowest BCUT2D eigenvalue weighted by Crippen LogP contribution is -2.50. The lowest BCUT2D eigenvalue weighted by atomic mass is 10.0. The van der Waals surface area contributed by atoms with Crippen LogP contribution in [0.2, 0.25) is 5.02 Å². The maximum Gasteiger partial charge on any atom is 0.270 e. The van der Waals surface area contributed by atoms with Gasteiger partial charge in [-0.3, -0.25) is 19.7 Å². The topological polar surface area (TPSA) is 95.8 Å². The fourth-order valence-corrected chi connectivity index (χ4v) is 4.28. The lowest BCUT2D eigenvalue weighted by molar-refractivity contribution is -0.384. The van der Waals surface area contributed by atoms with Crippen LogP contribution in [0.4, 0.5) is 11.4 Å². The Morgan fingerprint density at radius 2 is 1.85 bits per heavy atom. The van der Waals surface area contributed by atoms with Gasteiger partial charge in [0.15, 0.2) is 0 Å². The normalized spacial score (nSPS) is 14.3. The number of nitro groups is 1. The van der Waals surface area contributed by atoms with Crippen molar-refractivity contribution < 1.29 is 14.5 Å². The maximum atomic E-state index is 13.3. The Bertz CT molecular complexity index is 1040. The number of carbonyl (C=O) groups excluding carboxylic acids is 2. The molecule has 2 aromatic carbocycles. The number of nitrogens with one attached hydrogen (secondary N) is 1. The van der Waals surface area contributed by atoms with Gasteiger partial charge in [-0.25, -0.2) is 0 Å². The standard InChI is InChI=1S/C24H29ClN4O4/c1-16(2)22(26-23(30)19-11-10-18(29(32)33)14-20(19)25)24(31)27(3)15-17-8-4-5-9-21(17)28-12-6-7-13-28/h4-5,8-11,14,16,22H,6-7,12-13,15H2,1-3H3,(H,26,30)/t22-/m0/s1. The third-order valence-electron chi connectivity index (χ3n) is 5.85. The summed E-state index contributed by atoms with van der Waals surface area (Å²) in [4.78, 5) is 40.4. The molecule has 1 aliphatic heterocycles. The molecule has 1 saturated heterocycles. The Kier molecular flexibility index (Phi) is 7.92. The second kappa shape index (κ2) is 10.7. The molecule has 1 heterocycles. The van der Waals surface area contributed by atoms with E-state index in [1.807, 2.05) is 32.0 Å². The lowest BCUT2D eigenvalue weighted by Gasteiger charge is -2.29. The van der Waals surface area contributed by atoms with E-state index in [-0.39, 0.29) is 28.1 Å². The molecule has 0 spiro atoms. The van der Waals surface area contributed by atoms with E-state index in [2.05, 4.69) is 16.3 Å². The largest absolute Gasteiger partial charge is 0.371 e. The van der Waals surface area contributed by atoms with Gasteiger partial charge in [-0.1, -0.05) is 43.6 Å². The summed E-state index contributed by atoms with van der Waals surface area (Å²) in [5.74, 6) is -0.935. The number of hydrogen-bond donors (Lipinski definition) is 1. The van der Waals surface area contributed by atoms with Crippen molar-refractivity contribution in [1.82, 2.24) is 10.2 Å². The van der Waals surface area contributed by atoms with Gasteiger partial charge in [0, 0.05) is 44.5 Å². The minimum atomic E-state index is -0.771. The number of para-hydroxylation sites is 1. The van der Waals surface area contributed by atoms with Crippen molar-refractivity contribution in [3.05, 3.63) is 68.7 Å². The Hall–Kier alpha value is -3.13. The van der Waals surface area contributed by atoms with Crippen LogP contribution in [-0.2, 0) is 11.3 Å². The van der Waals surface area contributed by atoms with Gasteiger partial charge in [-0.05, 0) is 36.5 Å². The molecule has 0 radical (unpaired) electrons. The number of rotatable bonds is 8. The number of anilines is 1. The number of likely N-dealkylation sites (N-methyl/N-ethyl adjacent to an activating group) is 1. The van der Waals surface area contributed by atoms with E-state index in [1.165, 1.54) is 12.1 Å².